The van der Waals surface area contributed by atoms with Crippen LogP contribution in [0, 0.1) is 11.8 Å². The van der Waals surface area contributed by atoms with Gasteiger partial charge < -0.3 is 0 Å². The highest BCUT2D eigenvalue weighted by Crippen LogP contribution is 2.44. The van der Waals surface area contributed by atoms with Gasteiger partial charge in [0.25, 0.3) is 0 Å². The van der Waals surface area contributed by atoms with Gasteiger partial charge in [-0.1, -0.05) is 39.5 Å². The summed E-state index contributed by atoms with van der Waals surface area (Å²) >= 11 is 0. The molecule has 1 fully saturated rings. The smallest absolute Gasteiger partial charge is 0.0383 e. The van der Waals surface area contributed by atoms with Crippen LogP contribution in [-0.2, 0) is 0 Å². The average molecular weight is 126 g/mol. The molecule has 0 amide bonds. The molecule has 0 bridgehead atoms. The van der Waals surface area contributed by atoms with Gasteiger partial charge in [-0.25, -0.2) is 0 Å². The van der Waals surface area contributed by atoms with Crippen LogP contribution in [0.2, 0.25) is 0 Å². The van der Waals surface area contributed by atoms with Crippen LogP contribution in [0.25, 0.3) is 0 Å². The highest BCUT2D eigenvalue weighted by atomic mass is 14.4. The minimum absolute atomic E-state index is 1.13. The van der Waals surface area contributed by atoms with E-state index in [4.69, 9.17) is 0 Å². The maximum Gasteiger partial charge on any atom is -0.0383 e. The summed E-state index contributed by atoms with van der Waals surface area (Å²) in [5.74, 6) is 2.27. The number of hydrogen-bond donors (Lipinski definition) is 0. The van der Waals surface area contributed by atoms with Crippen LogP contribution in [0.15, 0.2) is 0 Å². The summed E-state index contributed by atoms with van der Waals surface area (Å²) in [6.07, 6.45) is 7.31. The van der Waals surface area contributed by atoms with Crippen LogP contribution in [0.5, 0.6) is 0 Å². The van der Waals surface area contributed by atoms with E-state index >= 15 is 0 Å². The Morgan fingerprint density at radius 3 is 1.78 bits per heavy atom. The van der Waals surface area contributed by atoms with E-state index in [1.54, 1.807) is 6.42 Å². The van der Waals surface area contributed by atoms with Gasteiger partial charge in [-0.3, -0.25) is 0 Å². The lowest BCUT2D eigenvalue weighted by molar-refractivity contribution is 0.593. The normalized spacial score (nSPS) is 32.7. The third kappa shape index (κ3) is 2.00. The second kappa shape index (κ2) is 3.24. The van der Waals surface area contributed by atoms with E-state index in [0.29, 0.717) is 0 Å². The maximum absolute atomic E-state index is 2.29. The third-order valence-corrected chi connectivity index (χ3v) is 2.39. The van der Waals surface area contributed by atoms with Crippen molar-refractivity contribution < 1.29 is 0 Å². The van der Waals surface area contributed by atoms with E-state index in [-0.39, 0.29) is 0 Å². The molecule has 0 saturated heterocycles. The molecular formula is C9H18. The molecule has 0 unspecified atom stereocenters. The summed E-state index contributed by atoms with van der Waals surface area (Å²) in [5.41, 5.74) is 0. The van der Waals surface area contributed by atoms with Crippen molar-refractivity contribution in [2.75, 3.05) is 0 Å². The molecule has 0 aromatic rings. The fourth-order valence-corrected chi connectivity index (χ4v) is 1.76. The molecule has 1 aliphatic rings. The molecule has 9 heavy (non-hydrogen) atoms. The summed E-state index contributed by atoms with van der Waals surface area (Å²) in [4.78, 5) is 0. The first-order chi connectivity index (χ1) is 4.38. The van der Waals surface area contributed by atoms with Crippen molar-refractivity contribution in [1.82, 2.24) is 0 Å². The zero-order valence-corrected chi connectivity index (χ0v) is 6.69. The number of rotatable bonds is 4. The molecule has 54 valence electrons. The van der Waals surface area contributed by atoms with Crippen molar-refractivity contribution in [1.29, 1.82) is 0 Å². The molecule has 0 spiro atoms. The number of hydrogen-bond acceptors (Lipinski definition) is 0. The quantitative estimate of drug-likeness (QED) is 0.542. The van der Waals surface area contributed by atoms with Gasteiger partial charge in [-0.15, -0.1) is 0 Å². The highest BCUT2D eigenvalue weighted by Gasteiger charge is 2.34. The SMILES string of the molecule is CCC[C@@H]1C[C@@H]1CCC. The Morgan fingerprint density at radius 2 is 1.44 bits per heavy atom. The molecular weight excluding hydrogens is 108 g/mol. The predicted molar refractivity (Wildman–Crippen MR) is 41.4 cm³/mol. The van der Waals surface area contributed by atoms with E-state index in [2.05, 4.69) is 13.8 Å². The predicted octanol–water partition coefficient (Wildman–Crippen LogP) is 3.22. The minimum Gasteiger partial charge on any atom is -0.0654 e. The zero-order chi connectivity index (χ0) is 6.69. The molecule has 0 aromatic heterocycles. The van der Waals surface area contributed by atoms with E-state index in [1.807, 2.05) is 0 Å². The zero-order valence-electron chi connectivity index (χ0n) is 6.69. The Bertz CT molecular complexity index is 66.1. The average Bonchev–Trinajstić information content (AvgIpc) is 2.50. The summed E-state index contributed by atoms with van der Waals surface area (Å²) in [6.45, 7) is 4.59. The van der Waals surface area contributed by atoms with Gasteiger partial charge in [0.15, 0.2) is 0 Å². The monoisotopic (exact) mass is 126 g/mol. The molecule has 0 N–H and O–H groups in total. The highest BCUT2D eigenvalue weighted by molar-refractivity contribution is 4.84. The summed E-state index contributed by atoms with van der Waals surface area (Å²) in [5, 5.41) is 0. The van der Waals surface area contributed by atoms with Crippen LogP contribution in [0.3, 0.4) is 0 Å². The van der Waals surface area contributed by atoms with Gasteiger partial charge in [-0.2, -0.15) is 0 Å². The van der Waals surface area contributed by atoms with Crippen molar-refractivity contribution >= 4 is 0 Å². The first kappa shape index (κ1) is 7.11. The molecule has 0 aliphatic heterocycles. The fraction of sp³-hybridized carbons (Fsp3) is 1.00. The lowest BCUT2D eigenvalue weighted by atomic mass is 10.1. The van der Waals surface area contributed by atoms with E-state index in [0.717, 1.165) is 11.8 Å². The van der Waals surface area contributed by atoms with Gasteiger partial charge in [0.2, 0.25) is 0 Å². The maximum atomic E-state index is 2.29. The second-order valence-corrected chi connectivity index (χ2v) is 3.33. The molecule has 2 atom stereocenters. The molecule has 0 aromatic carbocycles. The van der Waals surface area contributed by atoms with Crippen LogP contribution in [0.1, 0.15) is 46.0 Å². The third-order valence-electron chi connectivity index (χ3n) is 2.39. The van der Waals surface area contributed by atoms with E-state index in [9.17, 15) is 0 Å². The van der Waals surface area contributed by atoms with Gasteiger partial charge in [0, 0.05) is 0 Å². The molecule has 1 aliphatic carbocycles. The Morgan fingerprint density at radius 1 is 1.00 bits per heavy atom. The first-order valence-corrected chi connectivity index (χ1v) is 4.38. The molecule has 1 saturated carbocycles. The standard InChI is InChI=1S/C9H18/c1-3-5-8-7-9(8)6-4-2/h8-9H,3-7H2,1-2H3/t8-,9+. The van der Waals surface area contributed by atoms with Crippen LogP contribution in [0.4, 0.5) is 0 Å². The van der Waals surface area contributed by atoms with Crippen molar-refractivity contribution in [3.05, 3.63) is 0 Å². The Hall–Kier alpha value is 0. The van der Waals surface area contributed by atoms with Crippen LogP contribution in [-0.4, -0.2) is 0 Å². The van der Waals surface area contributed by atoms with E-state index < -0.39 is 0 Å². The van der Waals surface area contributed by atoms with Crippen LogP contribution < -0.4 is 0 Å². The lowest BCUT2D eigenvalue weighted by Gasteiger charge is -1.93. The molecule has 0 heteroatoms. The molecule has 0 radical (unpaired) electrons. The molecule has 0 nitrogen and oxygen atoms in total. The van der Waals surface area contributed by atoms with Crippen LogP contribution >= 0.6 is 0 Å². The van der Waals surface area contributed by atoms with E-state index in [1.165, 1.54) is 25.7 Å². The Labute approximate surface area is 58.7 Å². The Kier molecular flexibility index (Phi) is 2.56. The van der Waals surface area contributed by atoms with Gasteiger partial charge >= 0.3 is 0 Å². The van der Waals surface area contributed by atoms with Crippen molar-refractivity contribution in [3.63, 3.8) is 0 Å². The summed E-state index contributed by atoms with van der Waals surface area (Å²) in [7, 11) is 0. The van der Waals surface area contributed by atoms with Crippen molar-refractivity contribution in [3.8, 4) is 0 Å². The fourth-order valence-electron chi connectivity index (χ4n) is 1.76. The largest absolute Gasteiger partial charge is 0.0654 e. The molecule has 1 rings (SSSR count). The minimum atomic E-state index is 1.13. The summed E-state index contributed by atoms with van der Waals surface area (Å²) < 4.78 is 0. The first-order valence-electron chi connectivity index (χ1n) is 4.38. The van der Waals surface area contributed by atoms with Gasteiger partial charge in [0.05, 0.1) is 0 Å². The van der Waals surface area contributed by atoms with Crippen molar-refractivity contribution in [2.24, 2.45) is 11.8 Å². The topological polar surface area (TPSA) is 0 Å². The lowest BCUT2D eigenvalue weighted by Crippen LogP contribution is -1.80. The molecule has 0 heterocycles. The second-order valence-electron chi connectivity index (χ2n) is 3.33. The summed E-state index contributed by atoms with van der Waals surface area (Å²) in [6, 6.07) is 0. The Balaban J connectivity index is 1.96. The van der Waals surface area contributed by atoms with Gasteiger partial charge in [-0.05, 0) is 18.3 Å². The van der Waals surface area contributed by atoms with Crippen molar-refractivity contribution in [2.45, 2.75) is 46.0 Å². The van der Waals surface area contributed by atoms with Gasteiger partial charge in [0.1, 0.15) is 0 Å².